The van der Waals surface area contributed by atoms with Crippen molar-refractivity contribution >= 4 is 9.84 Å². The monoisotopic (exact) mass is 309 g/mol. The molecule has 4 bridgehead atoms. The van der Waals surface area contributed by atoms with Gasteiger partial charge in [-0.2, -0.15) is 0 Å². The molecule has 0 aromatic heterocycles. The molecule has 1 aromatic carbocycles. The molecule has 4 saturated heterocycles. The third-order valence-corrected chi connectivity index (χ3v) is 5.70. The van der Waals surface area contributed by atoms with Crippen molar-refractivity contribution < 1.29 is 12.9 Å². The van der Waals surface area contributed by atoms with Crippen molar-refractivity contribution in [3.8, 4) is 0 Å². The van der Waals surface area contributed by atoms with Gasteiger partial charge in [0.05, 0.1) is 24.9 Å². The third-order valence-electron chi connectivity index (χ3n) is 4.57. The molecule has 114 valence electrons. The predicted octanol–water partition coefficient (Wildman–Crippen LogP) is 0.0987. The molecule has 0 unspecified atom stereocenters. The van der Waals surface area contributed by atoms with Crippen LogP contribution in [0.5, 0.6) is 0 Å². The number of sulfone groups is 1. The molecule has 1 aromatic rings. The molecular formula is C14H21N4O2S+. The molecule has 0 saturated carbocycles. The highest BCUT2D eigenvalue weighted by molar-refractivity contribution is 7.90. The van der Waals surface area contributed by atoms with Crippen LogP contribution in [-0.4, -0.2) is 73.9 Å². The van der Waals surface area contributed by atoms with Gasteiger partial charge in [0, 0.05) is 11.8 Å². The van der Waals surface area contributed by atoms with Crippen LogP contribution in [0.15, 0.2) is 29.2 Å². The number of quaternary nitrogens is 1. The fourth-order valence-corrected chi connectivity index (χ4v) is 4.67. The lowest BCUT2D eigenvalue weighted by molar-refractivity contribution is -0.991. The van der Waals surface area contributed by atoms with Crippen LogP contribution in [-0.2, 0) is 16.4 Å². The summed E-state index contributed by atoms with van der Waals surface area (Å²) in [4.78, 5) is 7.87. The minimum absolute atomic E-state index is 0.403. The average molecular weight is 309 g/mol. The lowest BCUT2D eigenvalue weighted by Gasteiger charge is -2.60. The molecular weight excluding hydrogens is 288 g/mol. The number of hydrogen-bond acceptors (Lipinski definition) is 5. The van der Waals surface area contributed by atoms with E-state index in [2.05, 4.69) is 14.7 Å². The van der Waals surface area contributed by atoms with Crippen LogP contribution in [0.1, 0.15) is 5.56 Å². The van der Waals surface area contributed by atoms with Gasteiger partial charge < -0.3 is 0 Å². The maximum Gasteiger partial charge on any atom is 0.175 e. The van der Waals surface area contributed by atoms with Gasteiger partial charge in [0.25, 0.3) is 0 Å². The second-order valence-corrected chi connectivity index (χ2v) is 8.79. The van der Waals surface area contributed by atoms with Gasteiger partial charge in [-0.3, -0.25) is 4.48 Å². The predicted molar refractivity (Wildman–Crippen MR) is 78.2 cm³/mol. The molecule has 4 aliphatic heterocycles. The number of benzene rings is 1. The molecule has 0 spiro atoms. The van der Waals surface area contributed by atoms with E-state index in [1.54, 1.807) is 12.1 Å². The van der Waals surface area contributed by atoms with Crippen LogP contribution in [0, 0.1) is 0 Å². The van der Waals surface area contributed by atoms with E-state index in [9.17, 15) is 8.42 Å². The zero-order valence-corrected chi connectivity index (χ0v) is 13.1. The fourth-order valence-electron chi connectivity index (χ4n) is 4.04. The molecule has 21 heavy (non-hydrogen) atoms. The van der Waals surface area contributed by atoms with Crippen molar-refractivity contribution in [1.82, 2.24) is 14.7 Å². The Hall–Kier alpha value is -0.990. The molecule has 4 aliphatic rings. The van der Waals surface area contributed by atoms with Crippen LogP contribution in [0.3, 0.4) is 0 Å². The quantitative estimate of drug-likeness (QED) is 0.741. The normalized spacial score (nSPS) is 37.9. The Morgan fingerprint density at radius 1 is 0.952 bits per heavy atom. The smallest absolute Gasteiger partial charge is 0.175 e. The first-order valence-corrected chi connectivity index (χ1v) is 9.12. The summed E-state index contributed by atoms with van der Waals surface area (Å²) in [6.45, 7) is 7.52. The molecule has 4 fully saturated rings. The molecule has 0 amide bonds. The first-order valence-electron chi connectivity index (χ1n) is 7.23. The van der Waals surface area contributed by atoms with Gasteiger partial charge >= 0.3 is 0 Å². The molecule has 4 heterocycles. The minimum atomic E-state index is -3.10. The Labute approximate surface area is 125 Å². The van der Waals surface area contributed by atoms with Gasteiger partial charge in [0.1, 0.15) is 26.6 Å². The van der Waals surface area contributed by atoms with Gasteiger partial charge in [-0.05, 0) is 12.1 Å². The van der Waals surface area contributed by atoms with E-state index in [1.165, 1.54) is 11.8 Å². The summed E-state index contributed by atoms with van der Waals surface area (Å²) in [6.07, 6.45) is 1.25. The van der Waals surface area contributed by atoms with Crippen LogP contribution >= 0.6 is 0 Å². The maximum atomic E-state index is 11.5. The van der Waals surface area contributed by atoms with Gasteiger partial charge in [-0.15, -0.1) is 0 Å². The van der Waals surface area contributed by atoms with Gasteiger partial charge in [0.15, 0.2) is 9.84 Å². The number of nitrogens with zero attached hydrogens (tertiary/aromatic N) is 4. The first kappa shape index (κ1) is 13.7. The molecule has 5 rings (SSSR count). The van der Waals surface area contributed by atoms with E-state index in [0.717, 1.165) is 51.0 Å². The third kappa shape index (κ3) is 2.49. The molecule has 7 heteroatoms. The van der Waals surface area contributed by atoms with E-state index >= 15 is 0 Å². The Morgan fingerprint density at radius 2 is 1.43 bits per heavy atom. The number of hydrogen-bond donors (Lipinski definition) is 0. The highest BCUT2D eigenvalue weighted by atomic mass is 32.2. The summed E-state index contributed by atoms with van der Waals surface area (Å²) < 4.78 is 24.1. The maximum absolute atomic E-state index is 11.5. The molecule has 0 N–H and O–H groups in total. The highest BCUT2D eigenvalue weighted by Gasteiger charge is 2.48. The fraction of sp³-hybridized carbons (Fsp3) is 0.571. The van der Waals surface area contributed by atoms with Crippen LogP contribution in [0.2, 0.25) is 0 Å². The van der Waals surface area contributed by atoms with E-state index < -0.39 is 9.84 Å². The van der Waals surface area contributed by atoms with E-state index in [0.29, 0.717) is 4.90 Å². The molecule has 0 atom stereocenters. The van der Waals surface area contributed by atoms with E-state index in [1.807, 2.05) is 12.1 Å². The second-order valence-electron chi connectivity index (χ2n) is 6.78. The second kappa shape index (κ2) is 4.50. The van der Waals surface area contributed by atoms with Gasteiger partial charge in [0.2, 0.25) is 0 Å². The van der Waals surface area contributed by atoms with Gasteiger partial charge in [-0.1, -0.05) is 12.1 Å². The van der Waals surface area contributed by atoms with Gasteiger partial charge in [-0.25, -0.2) is 23.1 Å². The van der Waals surface area contributed by atoms with Crippen molar-refractivity contribution in [2.75, 3.05) is 46.3 Å². The van der Waals surface area contributed by atoms with Crippen molar-refractivity contribution in [1.29, 1.82) is 0 Å². The molecule has 0 aliphatic carbocycles. The largest absolute Gasteiger partial charge is 0.282 e. The highest BCUT2D eigenvalue weighted by Crippen LogP contribution is 2.30. The Bertz CT molecular complexity index is 621. The van der Waals surface area contributed by atoms with Crippen molar-refractivity contribution in [2.45, 2.75) is 11.4 Å². The number of rotatable bonds is 3. The average Bonchev–Trinajstić information content (AvgIpc) is 2.35. The SMILES string of the molecule is CS(=O)(=O)c1ccc(C[N+]23CN4CN(CN(C4)C2)C3)cc1. The summed E-state index contributed by atoms with van der Waals surface area (Å²) in [5, 5.41) is 0. The first-order chi connectivity index (χ1) is 9.92. The van der Waals surface area contributed by atoms with Crippen LogP contribution < -0.4 is 0 Å². The lowest BCUT2D eigenvalue weighted by Crippen LogP contribution is -2.78. The Balaban J connectivity index is 1.56. The summed E-state index contributed by atoms with van der Waals surface area (Å²) in [6, 6.07) is 7.40. The summed E-state index contributed by atoms with van der Waals surface area (Å²) in [5.41, 5.74) is 1.22. The summed E-state index contributed by atoms with van der Waals surface area (Å²) in [7, 11) is -3.10. The van der Waals surface area contributed by atoms with Crippen molar-refractivity contribution in [3.05, 3.63) is 29.8 Å². The summed E-state index contributed by atoms with van der Waals surface area (Å²) >= 11 is 0. The Morgan fingerprint density at radius 3 is 1.86 bits per heavy atom. The van der Waals surface area contributed by atoms with E-state index in [4.69, 9.17) is 0 Å². The molecule has 0 radical (unpaired) electrons. The van der Waals surface area contributed by atoms with Crippen molar-refractivity contribution in [2.24, 2.45) is 0 Å². The van der Waals surface area contributed by atoms with Crippen LogP contribution in [0.4, 0.5) is 0 Å². The topological polar surface area (TPSA) is 43.9 Å². The Kier molecular flexibility index (Phi) is 2.93. The standard InChI is InChI=1S/C14H21N4O2S/c1-21(19,20)14-4-2-13(3-5-14)6-18-10-15-7-16(11-18)9-17(8-15)12-18/h2-5H,6-12H2,1H3/q+1. The molecule has 6 nitrogen and oxygen atoms in total. The van der Waals surface area contributed by atoms with E-state index in [-0.39, 0.29) is 0 Å². The lowest BCUT2D eigenvalue weighted by atomic mass is 10.1. The minimum Gasteiger partial charge on any atom is -0.282 e. The van der Waals surface area contributed by atoms with Crippen LogP contribution in [0.25, 0.3) is 0 Å². The summed E-state index contributed by atoms with van der Waals surface area (Å²) in [5.74, 6) is 0. The van der Waals surface area contributed by atoms with Crippen molar-refractivity contribution in [3.63, 3.8) is 0 Å². The zero-order chi connectivity index (χ0) is 14.7. The zero-order valence-electron chi connectivity index (χ0n) is 12.3.